The van der Waals surface area contributed by atoms with Gasteiger partial charge in [0.1, 0.15) is 16.8 Å². The lowest BCUT2D eigenvalue weighted by Crippen LogP contribution is -2.50. The minimum Gasteiger partial charge on any atom is -0.460 e. The molecule has 0 spiro atoms. The van der Waals surface area contributed by atoms with Gasteiger partial charge < -0.3 is 35.5 Å². The van der Waals surface area contributed by atoms with Crippen LogP contribution in [0.4, 0.5) is 0 Å². The Balaban J connectivity index is 2.84. The van der Waals surface area contributed by atoms with E-state index in [1.807, 2.05) is 0 Å². The quantitative estimate of drug-likeness (QED) is 0.0968. The summed E-state index contributed by atoms with van der Waals surface area (Å²) in [5.74, 6) is -1.81. The van der Waals surface area contributed by atoms with Crippen molar-refractivity contribution in [3.8, 4) is 0 Å². The second-order valence-corrected chi connectivity index (χ2v) is 16.1. The molecule has 1 aliphatic heterocycles. The normalized spacial score (nSPS) is 15.0. The average Bonchev–Trinajstić information content (AvgIpc) is 2.94. The first-order chi connectivity index (χ1) is 22.6. The van der Waals surface area contributed by atoms with E-state index in [0.29, 0.717) is 19.5 Å². The van der Waals surface area contributed by atoms with Crippen LogP contribution < -0.4 is 16.4 Å². The molecule has 0 aromatic carbocycles. The molecule has 1 rings (SSSR count). The molecule has 0 saturated carbocycles. The van der Waals surface area contributed by atoms with Crippen LogP contribution in [0.3, 0.4) is 0 Å². The van der Waals surface area contributed by atoms with E-state index >= 15 is 0 Å². The molecule has 0 radical (unpaired) electrons. The van der Waals surface area contributed by atoms with Gasteiger partial charge in [-0.05, 0) is 101 Å². The molecule has 1 saturated heterocycles. The number of esters is 3. The molecule has 13 nitrogen and oxygen atoms in total. The summed E-state index contributed by atoms with van der Waals surface area (Å²) in [5.41, 5.74) is 2.46. The lowest BCUT2D eigenvalue weighted by atomic mass is 9.83. The van der Waals surface area contributed by atoms with Crippen LogP contribution in [-0.4, -0.2) is 114 Å². The molecule has 1 aliphatic rings. The van der Waals surface area contributed by atoms with Crippen LogP contribution in [0.1, 0.15) is 127 Å². The van der Waals surface area contributed by atoms with Gasteiger partial charge >= 0.3 is 17.9 Å². The van der Waals surface area contributed by atoms with E-state index in [-0.39, 0.29) is 63.2 Å². The summed E-state index contributed by atoms with van der Waals surface area (Å²) in [4.78, 5) is 68.9. The number of nitrogens with one attached hydrogen (secondary N) is 2. The van der Waals surface area contributed by atoms with Gasteiger partial charge in [-0.25, -0.2) is 0 Å². The second-order valence-electron chi connectivity index (χ2n) is 16.1. The summed E-state index contributed by atoms with van der Waals surface area (Å²) in [6, 6.07) is 0. The standard InChI is InChI=1S/C36H67N5O8/c1-33(2,3)47-30(44)14-17-36(18-15-31(45)48-34(4,5)6,19-16-32(46)49-35(7,8)9)39-29(43)13-10-12-28(42)38-21-11-22-40-24-26-41(23-20-37)27-25-40/h10-27,37H2,1-9H3,(H,38,42)(H,39,43). The molecule has 0 atom stereocenters. The van der Waals surface area contributed by atoms with E-state index in [1.54, 1.807) is 62.3 Å². The van der Waals surface area contributed by atoms with Gasteiger partial charge in [0.2, 0.25) is 11.8 Å². The third-order valence-corrected chi connectivity index (χ3v) is 7.78. The number of piperazine rings is 1. The molecule has 1 heterocycles. The summed E-state index contributed by atoms with van der Waals surface area (Å²) in [7, 11) is 0. The molecule has 0 unspecified atom stereocenters. The predicted octanol–water partition coefficient (Wildman–Crippen LogP) is 3.46. The Bertz CT molecular complexity index is 974. The van der Waals surface area contributed by atoms with E-state index in [1.165, 1.54) is 0 Å². The van der Waals surface area contributed by atoms with Crippen molar-refractivity contribution in [2.45, 2.75) is 149 Å². The van der Waals surface area contributed by atoms with Gasteiger partial charge in [-0.2, -0.15) is 0 Å². The molecule has 2 amide bonds. The molecule has 0 aromatic rings. The Morgan fingerprint density at radius 1 is 0.571 bits per heavy atom. The smallest absolute Gasteiger partial charge is 0.306 e. The van der Waals surface area contributed by atoms with Gasteiger partial charge in [-0.1, -0.05) is 0 Å². The highest BCUT2D eigenvalue weighted by molar-refractivity contribution is 5.80. The molecular formula is C36H67N5O8. The third-order valence-electron chi connectivity index (χ3n) is 7.78. The number of hydrogen-bond donors (Lipinski definition) is 3. The van der Waals surface area contributed by atoms with Crippen molar-refractivity contribution in [1.82, 2.24) is 20.4 Å². The first-order valence-electron chi connectivity index (χ1n) is 18.0. The predicted molar refractivity (Wildman–Crippen MR) is 190 cm³/mol. The van der Waals surface area contributed by atoms with Crippen LogP contribution in [-0.2, 0) is 38.2 Å². The van der Waals surface area contributed by atoms with E-state index in [0.717, 1.165) is 45.7 Å². The fraction of sp³-hybridized carbons (Fsp3) is 0.861. The first kappa shape index (κ1) is 44.3. The zero-order valence-electron chi connectivity index (χ0n) is 32.0. The highest BCUT2D eigenvalue weighted by atomic mass is 16.6. The van der Waals surface area contributed by atoms with Crippen LogP contribution in [0.25, 0.3) is 0 Å². The molecule has 13 heteroatoms. The Hall–Kier alpha value is -2.77. The highest BCUT2D eigenvalue weighted by Crippen LogP contribution is 2.29. The van der Waals surface area contributed by atoms with Crippen molar-refractivity contribution >= 4 is 29.7 Å². The second kappa shape index (κ2) is 20.8. The maximum Gasteiger partial charge on any atom is 0.306 e. The van der Waals surface area contributed by atoms with Gasteiger partial charge in [0.05, 0.1) is 0 Å². The zero-order valence-corrected chi connectivity index (χ0v) is 32.0. The molecule has 49 heavy (non-hydrogen) atoms. The number of rotatable bonds is 20. The topological polar surface area (TPSA) is 170 Å². The number of carbonyl (C=O) groups is 5. The number of carbonyl (C=O) groups excluding carboxylic acids is 5. The summed E-state index contributed by atoms with van der Waals surface area (Å²) >= 11 is 0. The van der Waals surface area contributed by atoms with Gasteiger partial charge in [0.15, 0.2) is 0 Å². The zero-order chi connectivity index (χ0) is 37.3. The minimum atomic E-state index is -1.10. The molecule has 0 bridgehead atoms. The molecule has 284 valence electrons. The van der Waals surface area contributed by atoms with E-state index in [2.05, 4.69) is 20.4 Å². The fourth-order valence-corrected chi connectivity index (χ4v) is 5.57. The van der Waals surface area contributed by atoms with E-state index in [4.69, 9.17) is 19.9 Å². The largest absolute Gasteiger partial charge is 0.460 e. The van der Waals surface area contributed by atoms with Crippen molar-refractivity contribution in [2.24, 2.45) is 5.73 Å². The summed E-state index contributed by atoms with van der Waals surface area (Å²) < 4.78 is 16.5. The fourth-order valence-electron chi connectivity index (χ4n) is 5.57. The molecule has 4 N–H and O–H groups in total. The van der Waals surface area contributed by atoms with Crippen LogP contribution in [0, 0.1) is 0 Å². The van der Waals surface area contributed by atoms with Crippen molar-refractivity contribution in [2.75, 3.05) is 52.4 Å². The monoisotopic (exact) mass is 697 g/mol. The lowest BCUT2D eigenvalue weighted by molar-refractivity contribution is -0.156. The molecule has 0 aliphatic carbocycles. The van der Waals surface area contributed by atoms with Gasteiger partial charge in [0, 0.05) is 83.5 Å². The number of nitrogens with two attached hydrogens (primary N) is 1. The Morgan fingerprint density at radius 2 is 0.959 bits per heavy atom. The van der Waals surface area contributed by atoms with Crippen LogP contribution >= 0.6 is 0 Å². The third kappa shape index (κ3) is 22.5. The van der Waals surface area contributed by atoms with Crippen molar-refractivity contribution in [1.29, 1.82) is 0 Å². The number of nitrogens with zero attached hydrogens (tertiary/aromatic N) is 2. The number of hydrogen-bond acceptors (Lipinski definition) is 11. The van der Waals surface area contributed by atoms with Crippen molar-refractivity contribution in [3.05, 3.63) is 0 Å². The Morgan fingerprint density at radius 3 is 1.35 bits per heavy atom. The summed E-state index contributed by atoms with van der Waals surface area (Å²) in [6.45, 7) is 23.0. The van der Waals surface area contributed by atoms with Gasteiger partial charge in [0.25, 0.3) is 0 Å². The lowest BCUT2D eigenvalue weighted by Gasteiger charge is -2.36. The molecule has 0 aromatic heterocycles. The average molecular weight is 698 g/mol. The number of ether oxygens (including phenoxy) is 3. The summed E-state index contributed by atoms with van der Waals surface area (Å²) in [5, 5.41) is 6.00. The highest BCUT2D eigenvalue weighted by Gasteiger charge is 2.35. The molecular weight excluding hydrogens is 630 g/mol. The Kier molecular flexibility index (Phi) is 18.8. The Labute approximate surface area is 295 Å². The van der Waals surface area contributed by atoms with Crippen LogP contribution in [0.2, 0.25) is 0 Å². The maximum atomic E-state index is 13.4. The van der Waals surface area contributed by atoms with Crippen LogP contribution in [0.5, 0.6) is 0 Å². The van der Waals surface area contributed by atoms with E-state index in [9.17, 15) is 24.0 Å². The summed E-state index contributed by atoms with van der Waals surface area (Å²) in [6.07, 6.45) is 1.73. The van der Waals surface area contributed by atoms with E-state index < -0.39 is 40.2 Å². The van der Waals surface area contributed by atoms with Gasteiger partial charge in [-0.15, -0.1) is 0 Å². The molecule has 1 fully saturated rings. The van der Waals surface area contributed by atoms with Crippen molar-refractivity contribution < 1.29 is 38.2 Å². The first-order valence-corrected chi connectivity index (χ1v) is 18.0. The SMILES string of the molecule is CC(C)(C)OC(=O)CCC(CCC(=O)OC(C)(C)C)(CCC(=O)OC(C)(C)C)NC(=O)CCCC(=O)NCCCN1CCN(CCN)CC1. The van der Waals surface area contributed by atoms with Crippen molar-refractivity contribution in [3.63, 3.8) is 0 Å². The van der Waals surface area contributed by atoms with Gasteiger partial charge in [-0.3, -0.25) is 28.9 Å². The number of amides is 2. The maximum absolute atomic E-state index is 13.4. The van der Waals surface area contributed by atoms with Crippen LogP contribution in [0.15, 0.2) is 0 Å². The minimum absolute atomic E-state index is 0.0357.